The molecule has 0 atom stereocenters. The van der Waals surface area contributed by atoms with Crippen LogP contribution in [0.15, 0.2) is 16.6 Å². The largest absolute Gasteiger partial charge is 0.395 e. The topological polar surface area (TPSA) is 26.0 Å². The van der Waals surface area contributed by atoms with Gasteiger partial charge < -0.3 is 5.73 Å². The lowest BCUT2D eigenvalue weighted by Gasteiger charge is -2.05. The molecule has 2 N–H and O–H groups in total. The van der Waals surface area contributed by atoms with Crippen LogP contribution < -0.4 is 5.73 Å². The van der Waals surface area contributed by atoms with Crippen LogP contribution in [-0.2, 0) is 0 Å². The number of hydrogen-bond donors (Lipinski definition) is 1. The molecule has 1 aromatic carbocycles. The van der Waals surface area contributed by atoms with Crippen LogP contribution in [0.2, 0.25) is 19.6 Å². The molecule has 0 aliphatic carbocycles. The molecule has 1 aromatic rings. The number of hydrogen-bond acceptors (Lipinski definition) is 1. The van der Waals surface area contributed by atoms with Crippen LogP contribution in [-0.4, -0.2) is 8.07 Å². The molecule has 4 heteroatoms. The molecular formula is C11H13BrFNSi. The first-order valence-electron chi connectivity index (χ1n) is 4.57. The van der Waals surface area contributed by atoms with Gasteiger partial charge in [0.05, 0.1) is 11.3 Å². The summed E-state index contributed by atoms with van der Waals surface area (Å²) in [5.74, 6) is 2.52. The van der Waals surface area contributed by atoms with E-state index in [0.29, 0.717) is 10.0 Å². The molecule has 15 heavy (non-hydrogen) atoms. The van der Waals surface area contributed by atoms with Crippen molar-refractivity contribution in [1.82, 2.24) is 0 Å². The van der Waals surface area contributed by atoms with Crippen molar-refractivity contribution in [2.75, 3.05) is 5.73 Å². The summed E-state index contributed by atoms with van der Waals surface area (Å²) >= 11 is 3.22. The van der Waals surface area contributed by atoms with Crippen LogP contribution in [0.1, 0.15) is 5.56 Å². The predicted molar refractivity (Wildman–Crippen MR) is 68.7 cm³/mol. The number of rotatable bonds is 0. The summed E-state index contributed by atoms with van der Waals surface area (Å²) in [6.07, 6.45) is 0. The van der Waals surface area contributed by atoms with E-state index in [1.807, 2.05) is 0 Å². The van der Waals surface area contributed by atoms with E-state index in [2.05, 4.69) is 47.0 Å². The second-order valence-corrected chi connectivity index (χ2v) is 10.0. The zero-order chi connectivity index (χ0) is 11.6. The number of nitrogens with two attached hydrogens (primary N) is 1. The number of anilines is 1. The number of benzene rings is 1. The summed E-state index contributed by atoms with van der Waals surface area (Å²) in [7, 11) is -1.45. The Balaban J connectivity index is 3.20. The van der Waals surface area contributed by atoms with Crippen LogP contribution in [0.3, 0.4) is 0 Å². The molecule has 0 aliphatic rings. The minimum Gasteiger partial charge on any atom is -0.395 e. The molecule has 0 saturated carbocycles. The first-order chi connectivity index (χ1) is 6.79. The molecule has 0 aromatic heterocycles. The molecule has 0 saturated heterocycles. The third kappa shape index (κ3) is 3.69. The Kier molecular flexibility index (Phi) is 3.58. The van der Waals surface area contributed by atoms with Crippen molar-refractivity contribution in [3.63, 3.8) is 0 Å². The van der Waals surface area contributed by atoms with Crippen molar-refractivity contribution in [1.29, 1.82) is 0 Å². The highest BCUT2D eigenvalue weighted by Crippen LogP contribution is 2.21. The Morgan fingerprint density at radius 3 is 2.47 bits per heavy atom. The lowest BCUT2D eigenvalue weighted by atomic mass is 10.2. The maximum atomic E-state index is 13.2. The lowest BCUT2D eigenvalue weighted by molar-refractivity contribution is 0.631. The van der Waals surface area contributed by atoms with Crippen LogP contribution in [0.25, 0.3) is 0 Å². The van der Waals surface area contributed by atoms with Gasteiger partial charge in [0.1, 0.15) is 13.9 Å². The van der Waals surface area contributed by atoms with Gasteiger partial charge in [0, 0.05) is 4.47 Å². The van der Waals surface area contributed by atoms with Crippen molar-refractivity contribution >= 4 is 29.7 Å². The normalized spacial score (nSPS) is 10.7. The van der Waals surface area contributed by atoms with E-state index in [1.165, 1.54) is 6.07 Å². The summed E-state index contributed by atoms with van der Waals surface area (Å²) in [5.41, 5.74) is 9.44. The maximum Gasteiger partial charge on any atom is 0.148 e. The second kappa shape index (κ2) is 4.38. The predicted octanol–water partition coefficient (Wildman–Crippen LogP) is 3.40. The molecule has 0 heterocycles. The molecule has 0 aliphatic heterocycles. The van der Waals surface area contributed by atoms with Crippen molar-refractivity contribution in [3.05, 3.63) is 28.0 Å². The summed E-state index contributed by atoms with van der Waals surface area (Å²) < 4.78 is 13.9. The molecule has 0 unspecified atom stereocenters. The SMILES string of the molecule is C[Si](C)(C)C#Cc1cc(Br)cc(F)c1N. The van der Waals surface area contributed by atoms with E-state index in [4.69, 9.17) is 5.73 Å². The molecule has 1 rings (SSSR count). The second-order valence-electron chi connectivity index (χ2n) is 4.35. The summed E-state index contributed by atoms with van der Waals surface area (Å²) in [4.78, 5) is 0. The summed E-state index contributed by atoms with van der Waals surface area (Å²) in [6, 6.07) is 3.08. The van der Waals surface area contributed by atoms with Crippen molar-refractivity contribution < 1.29 is 4.39 Å². The Morgan fingerprint density at radius 2 is 1.93 bits per heavy atom. The minimum absolute atomic E-state index is 0.129. The van der Waals surface area contributed by atoms with Gasteiger partial charge >= 0.3 is 0 Å². The molecular weight excluding hydrogens is 273 g/mol. The van der Waals surface area contributed by atoms with Gasteiger partial charge in [-0.05, 0) is 12.1 Å². The van der Waals surface area contributed by atoms with E-state index in [9.17, 15) is 4.39 Å². The fraction of sp³-hybridized carbons (Fsp3) is 0.273. The van der Waals surface area contributed by atoms with Crippen LogP contribution >= 0.6 is 15.9 Å². The van der Waals surface area contributed by atoms with Crippen molar-refractivity contribution in [2.45, 2.75) is 19.6 Å². The fourth-order valence-corrected chi connectivity index (χ4v) is 1.88. The molecule has 80 valence electrons. The lowest BCUT2D eigenvalue weighted by Crippen LogP contribution is -2.16. The van der Waals surface area contributed by atoms with Gasteiger partial charge in [0.2, 0.25) is 0 Å². The molecule has 0 fully saturated rings. The van der Waals surface area contributed by atoms with Crippen LogP contribution in [0.5, 0.6) is 0 Å². The first-order valence-corrected chi connectivity index (χ1v) is 8.86. The smallest absolute Gasteiger partial charge is 0.148 e. The van der Waals surface area contributed by atoms with Gasteiger partial charge in [-0.2, -0.15) is 0 Å². The van der Waals surface area contributed by atoms with Gasteiger partial charge in [-0.3, -0.25) is 0 Å². The Morgan fingerprint density at radius 1 is 1.33 bits per heavy atom. The van der Waals surface area contributed by atoms with Gasteiger partial charge in [-0.15, -0.1) is 5.54 Å². The molecule has 0 spiro atoms. The van der Waals surface area contributed by atoms with Crippen molar-refractivity contribution in [3.8, 4) is 11.5 Å². The van der Waals surface area contributed by atoms with Crippen LogP contribution in [0.4, 0.5) is 10.1 Å². The average molecular weight is 286 g/mol. The van der Waals surface area contributed by atoms with E-state index in [1.54, 1.807) is 6.07 Å². The molecule has 0 bridgehead atoms. The Bertz CT molecular complexity index is 440. The maximum absolute atomic E-state index is 13.2. The van der Waals surface area contributed by atoms with Gasteiger partial charge in [-0.1, -0.05) is 41.5 Å². The van der Waals surface area contributed by atoms with E-state index >= 15 is 0 Å². The zero-order valence-corrected chi connectivity index (χ0v) is 11.6. The molecule has 0 amide bonds. The molecule has 1 nitrogen and oxygen atoms in total. The van der Waals surface area contributed by atoms with E-state index < -0.39 is 13.9 Å². The third-order valence-electron chi connectivity index (χ3n) is 1.67. The average Bonchev–Trinajstić information content (AvgIpc) is 2.07. The highest BCUT2D eigenvalue weighted by molar-refractivity contribution is 9.10. The van der Waals surface area contributed by atoms with E-state index in [0.717, 1.165) is 0 Å². The van der Waals surface area contributed by atoms with Gasteiger partial charge in [0.25, 0.3) is 0 Å². The standard InChI is InChI=1S/C11H13BrFNSi/c1-15(2,3)5-4-8-6-9(12)7-10(13)11(8)14/h6-7H,14H2,1-3H3. The highest BCUT2D eigenvalue weighted by atomic mass is 79.9. The Labute approximate surface area is 99.0 Å². The van der Waals surface area contributed by atoms with E-state index in [-0.39, 0.29) is 5.69 Å². The number of halogens is 2. The monoisotopic (exact) mass is 285 g/mol. The number of nitrogen functional groups attached to an aromatic ring is 1. The summed E-state index contributed by atoms with van der Waals surface area (Å²) in [5, 5.41) is 0. The minimum atomic E-state index is -1.45. The summed E-state index contributed by atoms with van der Waals surface area (Å²) in [6.45, 7) is 6.39. The van der Waals surface area contributed by atoms with Crippen LogP contribution in [0, 0.1) is 17.3 Å². The Hall–Kier alpha value is -0.793. The third-order valence-corrected chi connectivity index (χ3v) is 3.00. The molecule has 0 radical (unpaired) electrons. The highest BCUT2D eigenvalue weighted by Gasteiger charge is 2.09. The zero-order valence-electron chi connectivity index (χ0n) is 8.99. The quantitative estimate of drug-likeness (QED) is 0.441. The fourth-order valence-electron chi connectivity index (χ4n) is 0.943. The first kappa shape index (κ1) is 12.3. The van der Waals surface area contributed by atoms with Gasteiger partial charge in [-0.25, -0.2) is 4.39 Å². The van der Waals surface area contributed by atoms with Gasteiger partial charge in [0.15, 0.2) is 0 Å². The van der Waals surface area contributed by atoms with Crippen molar-refractivity contribution in [2.24, 2.45) is 0 Å².